The number of benzene rings is 1. The Balaban J connectivity index is 2.07. The fraction of sp³-hybridized carbons (Fsp3) is 0.533. The molecule has 1 aromatic carbocycles. The van der Waals surface area contributed by atoms with E-state index in [1.54, 1.807) is 19.1 Å². The van der Waals surface area contributed by atoms with E-state index >= 15 is 0 Å². The first-order valence-corrected chi connectivity index (χ1v) is 6.97. The van der Waals surface area contributed by atoms with Crippen LogP contribution in [0.1, 0.15) is 31.4 Å². The minimum Gasteiger partial charge on any atom is -0.496 e. The van der Waals surface area contributed by atoms with Crippen LogP contribution >= 0.6 is 0 Å². The average molecular weight is 280 g/mol. The minimum atomic E-state index is -0.416. The first kappa shape index (κ1) is 14.8. The monoisotopic (exact) mass is 280 g/mol. The third-order valence-corrected chi connectivity index (χ3v) is 3.69. The lowest BCUT2D eigenvalue weighted by Gasteiger charge is -2.25. The number of piperidine rings is 1. The van der Waals surface area contributed by atoms with Crippen LogP contribution in [-0.2, 0) is 4.79 Å². The van der Waals surface area contributed by atoms with Gasteiger partial charge in [0.2, 0.25) is 5.91 Å². The largest absolute Gasteiger partial charge is 0.496 e. The summed E-state index contributed by atoms with van der Waals surface area (Å²) in [7, 11) is 1.50. The molecule has 0 bridgehead atoms. The number of halogens is 1. The SMILES string of the molecule is COc1cccc(F)c1C(C)NC(=O)C1CCCNC1. The van der Waals surface area contributed by atoms with E-state index in [0.717, 1.165) is 19.4 Å². The van der Waals surface area contributed by atoms with E-state index in [9.17, 15) is 9.18 Å². The summed E-state index contributed by atoms with van der Waals surface area (Å²) in [6, 6.07) is 4.25. The Labute approximate surface area is 118 Å². The summed E-state index contributed by atoms with van der Waals surface area (Å²) in [5.74, 6) is 0.0254. The molecule has 2 N–H and O–H groups in total. The number of nitrogens with one attached hydrogen (secondary N) is 2. The zero-order valence-electron chi connectivity index (χ0n) is 11.9. The number of hydrogen-bond acceptors (Lipinski definition) is 3. The van der Waals surface area contributed by atoms with Crippen LogP contribution < -0.4 is 15.4 Å². The van der Waals surface area contributed by atoms with Crippen molar-refractivity contribution in [2.75, 3.05) is 20.2 Å². The first-order valence-electron chi connectivity index (χ1n) is 6.97. The van der Waals surface area contributed by atoms with E-state index in [0.29, 0.717) is 17.9 Å². The number of methoxy groups -OCH3 is 1. The van der Waals surface area contributed by atoms with Crippen LogP contribution in [0.15, 0.2) is 18.2 Å². The van der Waals surface area contributed by atoms with Gasteiger partial charge in [-0.25, -0.2) is 4.39 Å². The van der Waals surface area contributed by atoms with Gasteiger partial charge >= 0.3 is 0 Å². The normalized spacial score (nSPS) is 20.2. The van der Waals surface area contributed by atoms with E-state index in [4.69, 9.17) is 4.74 Å². The lowest BCUT2D eigenvalue weighted by molar-refractivity contribution is -0.126. The lowest BCUT2D eigenvalue weighted by Crippen LogP contribution is -2.41. The molecule has 2 unspecified atom stereocenters. The molecule has 2 atom stereocenters. The molecule has 20 heavy (non-hydrogen) atoms. The Morgan fingerprint density at radius 2 is 2.35 bits per heavy atom. The third-order valence-electron chi connectivity index (χ3n) is 3.69. The van der Waals surface area contributed by atoms with E-state index in [-0.39, 0.29) is 17.6 Å². The smallest absolute Gasteiger partial charge is 0.224 e. The molecule has 110 valence electrons. The molecule has 2 rings (SSSR count). The van der Waals surface area contributed by atoms with Crippen molar-refractivity contribution in [1.82, 2.24) is 10.6 Å². The van der Waals surface area contributed by atoms with Crippen LogP contribution in [0.5, 0.6) is 5.75 Å². The second kappa shape index (κ2) is 6.70. The zero-order chi connectivity index (χ0) is 14.5. The molecule has 0 spiro atoms. The maximum atomic E-state index is 13.9. The standard InChI is InChI=1S/C15H21FN2O2/c1-10(14-12(16)6-3-7-13(14)20-2)18-15(19)11-5-4-8-17-9-11/h3,6-7,10-11,17H,4-5,8-9H2,1-2H3,(H,18,19). The van der Waals surface area contributed by atoms with Crippen LogP contribution in [0.25, 0.3) is 0 Å². The number of carbonyl (C=O) groups excluding carboxylic acids is 1. The van der Waals surface area contributed by atoms with E-state index in [1.807, 2.05) is 0 Å². The molecule has 0 aliphatic carbocycles. The van der Waals surface area contributed by atoms with Crippen molar-refractivity contribution in [2.45, 2.75) is 25.8 Å². The Morgan fingerprint density at radius 3 is 3.00 bits per heavy atom. The van der Waals surface area contributed by atoms with Gasteiger partial charge < -0.3 is 15.4 Å². The van der Waals surface area contributed by atoms with Gasteiger partial charge in [-0.3, -0.25) is 4.79 Å². The molecule has 1 fully saturated rings. The van der Waals surface area contributed by atoms with Crippen molar-refractivity contribution < 1.29 is 13.9 Å². The highest BCUT2D eigenvalue weighted by atomic mass is 19.1. The van der Waals surface area contributed by atoms with Crippen LogP contribution in [0.2, 0.25) is 0 Å². The average Bonchev–Trinajstić information content (AvgIpc) is 2.47. The third kappa shape index (κ3) is 3.28. The highest BCUT2D eigenvalue weighted by Crippen LogP contribution is 2.28. The van der Waals surface area contributed by atoms with Gasteiger partial charge in [0.15, 0.2) is 0 Å². The quantitative estimate of drug-likeness (QED) is 0.887. The van der Waals surface area contributed by atoms with Gasteiger partial charge in [0, 0.05) is 6.54 Å². The fourth-order valence-corrected chi connectivity index (χ4v) is 2.59. The van der Waals surface area contributed by atoms with Crippen molar-refractivity contribution in [1.29, 1.82) is 0 Å². The van der Waals surface area contributed by atoms with Crippen molar-refractivity contribution in [3.63, 3.8) is 0 Å². The van der Waals surface area contributed by atoms with E-state index in [2.05, 4.69) is 10.6 Å². The van der Waals surface area contributed by atoms with Crippen LogP contribution in [0.3, 0.4) is 0 Å². The second-order valence-electron chi connectivity index (χ2n) is 5.13. The molecule has 5 heteroatoms. The molecule has 1 aromatic rings. The number of rotatable bonds is 4. The highest BCUT2D eigenvalue weighted by molar-refractivity contribution is 5.79. The Bertz CT molecular complexity index is 473. The van der Waals surface area contributed by atoms with Crippen molar-refractivity contribution in [3.8, 4) is 5.75 Å². The summed E-state index contributed by atoms with van der Waals surface area (Å²) in [5, 5.41) is 6.09. The van der Waals surface area contributed by atoms with E-state index < -0.39 is 6.04 Å². The van der Waals surface area contributed by atoms with Gasteiger partial charge in [0.1, 0.15) is 11.6 Å². The summed E-state index contributed by atoms with van der Waals surface area (Å²) in [6.45, 7) is 3.42. The van der Waals surface area contributed by atoms with Gasteiger partial charge in [0.05, 0.1) is 24.6 Å². The number of carbonyl (C=O) groups is 1. The van der Waals surface area contributed by atoms with Gasteiger partial charge in [-0.2, -0.15) is 0 Å². The van der Waals surface area contributed by atoms with Crippen molar-refractivity contribution >= 4 is 5.91 Å². The Kier molecular flexibility index (Phi) is 4.95. The molecule has 1 heterocycles. The topological polar surface area (TPSA) is 50.4 Å². The summed E-state index contributed by atoms with van der Waals surface area (Å²) in [4.78, 5) is 12.2. The van der Waals surface area contributed by atoms with Gasteiger partial charge in [-0.15, -0.1) is 0 Å². The van der Waals surface area contributed by atoms with Crippen molar-refractivity contribution in [2.24, 2.45) is 5.92 Å². The molecular formula is C15H21FN2O2. The summed E-state index contributed by atoms with van der Waals surface area (Å²) < 4.78 is 19.1. The molecular weight excluding hydrogens is 259 g/mol. The zero-order valence-corrected chi connectivity index (χ0v) is 11.9. The maximum Gasteiger partial charge on any atom is 0.224 e. The summed E-state index contributed by atoms with van der Waals surface area (Å²) in [5.41, 5.74) is 0.395. The van der Waals surface area contributed by atoms with Crippen LogP contribution in [0, 0.1) is 11.7 Å². The van der Waals surface area contributed by atoms with Crippen LogP contribution in [-0.4, -0.2) is 26.1 Å². The van der Waals surface area contributed by atoms with Crippen LogP contribution in [0.4, 0.5) is 4.39 Å². The minimum absolute atomic E-state index is 0.0324. The summed E-state index contributed by atoms with van der Waals surface area (Å²) in [6.07, 6.45) is 1.87. The number of ether oxygens (including phenoxy) is 1. The van der Waals surface area contributed by atoms with E-state index in [1.165, 1.54) is 13.2 Å². The van der Waals surface area contributed by atoms with Crippen molar-refractivity contribution in [3.05, 3.63) is 29.6 Å². The predicted molar refractivity (Wildman–Crippen MR) is 75.1 cm³/mol. The highest BCUT2D eigenvalue weighted by Gasteiger charge is 2.24. The lowest BCUT2D eigenvalue weighted by atomic mass is 9.97. The number of amides is 1. The molecule has 1 aliphatic heterocycles. The molecule has 1 saturated heterocycles. The Morgan fingerprint density at radius 1 is 1.55 bits per heavy atom. The summed E-state index contributed by atoms with van der Waals surface area (Å²) >= 11 is 0. The van der Waals surface area contributed by atoms with Gasteiger partial charge in [-0.05, 0) is 38.4 Å². The number of hydrogen-bond donors (Lipinski definition) is 2. The second-order valence-corrected chi connectivity index (χ2v) is 5.13. The molecule has 4 nitrogen and oxygen atoms in total. The Hall–Kier alpha value is -1.62. The molecule has 1 aliphatic rings. The molecule has 0 aromatic heterocycles. The predicted octanol–water partition coefficient (Wildman–Crippen LogP) is 2.01. The van der Waals surface area contributed by atoms with Gasteiger partial charge in [-0.1, -0.05) is 6.07 Å². The van der Waals surface area contributed by atoms with Gasteiger partial charge in [0.25, 0.3) is 0 Å². The molecule has 0 saturated carbocycles. The molecule has 1 amide bonds. The maximum absolute atomic E-state index is 13.9. The fourth-order valence-electron chi connectivity index (χ4n) is 2.59. The molecule has 0 radical (unpaired) electrons. The first-order chi connectivity index (χ1) is 9.63.